The van der Waals surface area contributed by atoms with Crippen LogP contribution in [-0.2, 0) is 16.3 Å². The van der Waals surface area contributed by atoms with Crippen LogP contribution in [0.4, 0.5) is 0 Å². The molecule has 0 spiro atoms. The summed E-state index contributed by atoms with van der Waals surface area (Å²) in [5, 5.41) is 8.46. The maximum absolute atomic E-state index is 12.0. The van der Waals surface area contributed by atoms with Crippen molar-refractivity contribution in [1.29, 1.82) is 5.26 Å². The fourth-order valence-corrected chi connectivity index (χ4v) is 2.84. The molecular formula is C12H15NO3S. The van der Waals surface area contributed by atoms with E-state index in [2.05, 4.69) is 0 Å². The molecule has 0 amide bonds. The van der Waals surface area contributed by atoms with E-state index in [1.54, 1.807) is 12.1 Å². The molecule has 17 heavy (non-hydrogen) atoms. The minimum absolute atomic E-state index is 0.0121. The molecule has 0 aliphatic rings. The molecule has 0 aliphatic carbocycles. The summed E-state index contributed by atoms with van der Waals surface area (Å²) in [5.41, 5.74) is 0.932. The largest absolute Gasteiger partial charge is 0.495 e. The van der Waals surface area contributed by atoms with Crippen molar-refractivity contribution in [2.75, 3.05) is 12.9 Å². The molecule has 0 heterocycles. The molecule has 0 unspecified atom stereocenters. The van der Waals surface area contributed by atoms with Crippen LogP contribution >= 0.6 is 0 Å². The van der Waals surface area contributed by atoms with Gasteiger partial charge in [0.15, 0.2) is 9.84 Å². The third-order valence-electron chi connectivity index (χ3n) is 2.45. The van der Waals surface area contributed by atoms with E-state index in [0.29, 0.717) is 5.75 Å². The van der Waals surface area contributed by atoms with Gasteiger partial charge in [0.1, 0.15) is 10.6 Å². The Morgan fingerprint density at radius 1 is 1.41 bits per heavy atom. The summed E-state index contributed by atoms with van der Waals surface area (Å²) in [6, 6.07) is 6.94. The lowest BCUT2D eigenvalue weighted by Crippen LogP contribution is -2.08. The van der Waals surface area contributed by atoms with Gasteiger partial charge in [-0.3, -0.25) is 0 Å². The maximum Gasteiger partial charge on any atom is 0.183 e. The van der Waals surface area contributed by atoms with E-state index in [0.717, 1.165) is 12.0 Å². The summed E-state index contributed by atoms with van der Waals surface area (Å²) >= 11 is 0. The number of aryl methyl sites for hydroxylation is 1. The molecule has 0 aliphatic heterocycles. The fourth-order valence-electron chi connectivity index (χ4n) is 1.47. The summed E-state index contributed by atoms with van der Waals surface area (Å²) < 4.78 is 29.1. The number of nitriles is 1. The molecule has 0 radical (unpaired) electrons. The molecule has 0 aromatic heterocycles. The van der Waals surface area contributed by atoms with Gasteiger partial charge in [-0.1, -0.05) is 13.0 Å². The first-order valence-corrected chi connectivity index (χ1v) is 6.97. The van der Waals surface area contributed by atoms with Gasteiger partial charge in [0.2, 0.25) is 0 Å². The third-order valence-corrected chi connectivity index (χ3v) is 4.18. The van der Waals surface area contributed by atoms with Crippen molar-refractivity contribution in [1.82, 2.24) is 0 Å². The highest BCUT2D eigenvalue weighted by Gasteiger charge is 2.19. The van der Waals surface area contributed by atoms with Gasteiger partial charge in [-0.05, 0) is 24.1 Å². The maximum atomic E-state index is 12.0. The Morgan fingerprint density at radius 2 is 2.12 bits per heavy atom. The zero-order chi connectivity index (χ0) is 12.9. The topological polar surface area (TPSA) is 67.2 Å². The van der Waals surface area contributed by atoms with Crippen LogP contribution < -0.4 is 4.74 Å². The Kier molecular flexibility index (Phi) is 4.53. The number of sulfone groups is 1. The van der Waals surface area contributed by atoms with E-state index in [4.69, 9.17) is 10.00 Å². The SMILES string of the molecule is CCc1ccc(OC)c(S(=O)(=O)CCC#N)c1. The van der Waals surface area contributed by atoms with Gasteiger partial charge < -0.3 is 4.74 Å². The van der Waals surface area contributed by atoms with Crippen LogP contribution in [0.15, 0.2) is 23.1 Å². The molecule has 1 rings (SSSR count). The second-order valence-corrected chi connectivity index (χ2v) is 5.64. The van der Waals surface area contributed by atoms with Crippen LogP contribution in [0.5, 0.6) is 5.75 Å². The highest BCUT2D eigenvalue weighted by Crippen LogP contribution is 2.26. The molecule has 0 saturated heterocycles. The molecule has 4 nitrogen and oxygen atoms in total. The number of rotatable bonds is 5. The fraction of sp³-hybridized carbons (Fsp3) is 0.417. The number of benzene rings is 1. The first-order valence-electron chi connectivity index (χ1n) is 5.31. The van der Waals surface area contributed by atoms with Gasteiger partial charge in [0, 0.05) is 6.42 Å². The van der Waals surface area contributed by atoms with Gasteiger partial charge in [-0.2, -0.15) is 5.26 Å². The summed E-state index contributed by atoms with van der Waals surface area (Å²) in [4.78, 5) is 0.176. The lowest BCUT2D eigenvalue weighted by molar-refractivity contribution is 0.402. The number of ether oxygens (including phenoxy) is 1. The number of hydrogen-bond acceptors (Lipinski definition) is 4. The summed E-state index contributed by atoms with van der Waals surface area (Å²) in [6.07, 6.45) is 0.743. The monoisotopic (exact) mass is 253 g/mol. The van der Waals surface area contributed by atoms with E-state index in [1.807, 2.05) is 19.1 Å². The second-order valence-electron chi connectivity index (χ2n) is 3.57. The van der Waals surface area contributed by atoms with Crippen molar-refractivity contribution < 1.29 is 13.2 Å². The number of methoxy groups -OCH3 is 1. The van der Waals surface area contributed by atoms with E-state index in [9.17, 15) is 8.42 Å². The smallest absolute Gasteiger partial charge is 0.183 e. The Morgan fingerprint density at radius 3 is 2.65 bits per heavy atom. The Bertz CT molecular complexity index is 529. The highest BCUT2D eigenvalue weighted by atomic mass is 32.2. The van der Waals surface area contributed by atoms with Crippen LogP contribution in [0, 0.1) is 11.3 Å². The Labute approximate surface area is 102 Å². The molecule has 0 bridgehead atoms. The first-order chi connectivity index (χ1) is 8.05. The average molecular weight is 253 g/mol. The minimum atomic E-state index is -3.45. The summed E-state index contributed by atoms with van der Waals surface area (Å²) in [5.74, 6) is 0.160. The molecule has 0 atom stereocenters. The first kappa shape index (κ1) is 13.5. The molecule has 0 saturated carbocycles. The van der Waals surface area contributed by atoms with Crippen molar-refractivity contribution in [2.45, 2.75) is 24.7 Å². The van der Waals surface area contributed by atoms with Gasteiger partial charge in [-0.25, -0.2) is 8.42 Å². The van der Waals surface area contributed by atoms with Crippen molar-refractivity contribution >= 4 is 9.84 Å². The number of hydrogen-bond donors (Lipinski definition) is 0. The van der Waals surface area contributed by atoms with E-state index >= 15 is 0 Å². The molecule has 1 aromatic carbocycles. The minimum Gasteiger partial charge on any atom is -0.495 e. The van der Waals surface area contributed by atoms with Gasteiger partial charge in [0.05, 0.1) is 18.9 Å². The van der Waals surface area contributed by atoms with Crippen LogP contribution in [0.1, 0.15) is 18.9 Å². The van der Waals surface area contributed by atoms with Crippen LogP contribution in [0.25, 0.3) is 0 Å². The normalized spacial score (nSPS) is 10.9. The molecule has 0 fully saturated rings. The second kappa shape index (κ2) is 5.69. The zero-order valence-corrected chi connectivity index (χ0v) is 10.8. The van der Waals surface area contributed by atoms with Crippen LogP contribution in [0.2, 0.25) is 0 Å². The van der Waals surface area contributed by atoms with Crippen molar-refractivity contribution in [3.05, 3.63) is 23.8 Å². The zero-order valence-electron chi connectivity index (χ0n) is 9.93. The van der Waals surface area contributed by atoms with Crippen molar-refractivity contribution in [2.24, 2.45) is 0 Å². The summed E-state index contributed by atoms with van der Waals surface area (Å²) in [7, 11) is -2.01. The van der Waals surface area contributed by atoms with Gasteiger partial charge in [-0.15, -0.1) is 0 Å². The number of nitrogens with zero attached hydrogens (tertiary/aromatic N) is 1. The average Bonchev–Trinajstić information content (AvgIpc) is 2.35. The van der Waals surface area contributed by atoms with Gasteiger partial charge >= 0.3 is 0 Å². The lowest BCUT2D eigenvalue weighted by atomic mass is 10.2. The summed E-state index contributed by atoms with van der Waals surface area (Å²) in [6.45, 7) is 1.95. The van der Waals surface area contributed by atoms with E-state index in [1.165, 1.54) is 7.11 Å². The van der Waals surface area contributed by atoms with Crippen molar-refractivity contribution in [3.63, 3.8) is 0 Å². The molecular weight excluding hydrogens is 238 g/mol. The van der Waals surface area contributed by atoms with E-state index in [-0.39, 0.29) is 17.1 Å². The van der Waals surface area contributed by atoms with Crippen LogP contribution in [-0.4, -0.2) is 21.3 Å². The molecule has 0 N–H and O–H groups in total. The van der Waals surface area contributed by atoms with Crippen LogP contribution in [0.3, 0.4) is 0 Å². The standard InChI is InChI=1S/C12H15NO3S/c1-3-10-5-6-11(16-2)12(9-10)17(14,15)8-4-7-13/h5-6,9H,3-4,8H2,1-2H3. The Hall–Kier alpha value is -1.54. The highest BCUT2D eigenvalue weighted by molar-refractivity contribution is 7.91. The molecule has 92 valence electrons. The lowest BCUT2D eigenvalue weighted by Gasteiger charge is -2.10. The predicted octanol–water partition coefficient (Wildman–Crippen LogP) is 1.94. The van der Waals surface area contributed by atoms with Gasteiger partial charge in [0.25, 0.3) is 0 Å². The molecule has 5 heteroatoms. The quantitative estimate of drug-likeness (QED) is 0.804. The Balaban J connectivity index is 3.23. The van der Waals surface area contributed by atoms with Crippen molar-refractivity contribution in [3.8, 4) is 11.8 Å². The molecule has 1 aromatic rings. The predicted molar refractivity (Wildman–Crippen MR) is 64.7 cm³/mol. The third kappa shape index (κ3) is 3.21. The van der Waals surface area contributed by atoms with E-state index < -0.39 is 9.84 Å².